The maximum Gasteiger partial charge on any atom is 0.335 e. The molecule has 0 amide bonds. The lowest BCUT2D eigenvalue weighted by atomic mass is 10.0. The lowest BCUT2D eigenvalue weighted by molar-refractivity contribution is -0.163. The van der Waals surface area contributed by atoms with Crippen LogP contribution < -0.4 is 0 Å². The molecular formula is C30H60O7. The van der Waals surface area contributed by atoms with Gasteiger partial charge in [0.1, 0.15) is 18.3 Å². The molecule has 4 unspecified atom stereocenters. The summed E-state index contributed by atoms with van der Waals surface area (Å²) in [5, 5.41) is 43.2. The maximum atomic E-state index is 10.1. The molecule has 0 aromatic carbocycles. The summed E-state index contributed by atoms with van der Waals surface area (Å²) in [6, 6.07) is 0. The monoisotopic (exact) mass is 532 g/mol. The zero-order valence-corrected chi connectivity index (χ0v) is 24.0. The largest absolute Gasteiger partial charge is 0.479 e. The van der Waals surface area contributed by atoms with Crippen LogP contribution in [0.2, 0.25) is 0 Å². The van der Waals surface area contributed by atoms with Crippen LogP contribution >= 0.6 is 0 Å². The fourth-order valence-electron chi connectivity index (χ4n) is 4.30. The van der Waals surface area contributed by atoms with Gasteiger partial charge in [-0.25, -0.2) is 4.79 Å². The molecule has 0 saturated carbocycles. The number of aliphatic carboxylic acids is 1. The summed E-state index contributed by atoms with van der Waals surface area (Å²) in [5.41, 5.74) is 0. The fourth-order valence-corrected chi connectivity index (χ4v) is 4.30. The summed E-state index contributed by atoms with van der Waals surface area (Å²) in [7, 11) is 0. The number of carbonyl (C=O) groups is 2. The molecule has 0 radical (unpaired) electrons. The number of aliphatic hydroxyl groups is 4. The van der Waals surface area contributed by atoms with E-state index in [1.165, 1.54) is 141 Å². The smallest absolute Gasteiger partial charge is 0.335 e. The third-order valence-corrected chi connectivity index (χ3v) is 6.87. The van der Waals surface area contributed by atoms with E-state index < -0.39 is 30.4 Å². The zero-order chi connectivity index (χ0) is 28.2. The van der Waals surface area contributed by atoms with Crippen LogP contribution in [0.25, 0.3) is 0 Å². The minimum atomic E-state index is -2.25. The van der Waals surface area contributed by atoms with Gasteiger partial charge in [0.05, 0.1) is 0 Å². The number of hydrogen-bond donors (Lipinski definition) is 5. The van der Waals surface area contributed by atoms with Gasteiger partial charge < -0.3 is 30.3 Å². The Morgan fingerprint density at radius 2 is 0.757 bits per heavy atom. The van der Waals surface area contributed by atoms with Crippen molar-refractivity contribution >= 4 is 12.3 Å². The second kappa shape index (κ2) is 29.5. The lowest BCUT2D eigenvalue weighted by Gasteiger charge is -2.21. The Morgan fingerprint density at radius 3 is 0.946 bits per heavy atom. The summed E-state index contributed by atoms with van der Waals surface area (Å²) in [5.74, 6) is -1.76. The molecule has 0 fully saturated rings. The van der Waals surface area contributed by atoms with Crippen LogP contribution in [0.4, 0.5) is 0 Å². The molecule has 0 aromatic heterocycles. The van der Waals surface area contributed by atoms with Gasteiger partial charge in [0, 0.05) is 0 Å². The van der Waals surface area contributed by atoms with Crippen molar-refractivity contribution < 1.29 is 35.1 Å². The van der Waals surface area contributed by atoms with E-state index in [0.717, 1.165) is 0 Å². The molecule has 7 nitrogen and oxygen atoms in total. The quantitative estimate of drug-likeness (QED) is 0.0649. The average molecular weight is 533 g/mol. The highest BCUT2D eigenvalue weighted by atomic mass is 16.4. The predicted octanol–water partition coefficient (Wildman–Crippen LogP) is 6.32. The highest BCUT2D eigenvalue weighted by Crippen LogP contribution is 2.15. The van der Waals surface area contributed by atoms with E-state index >= 15 is 0 Å². The van der Waals surface area contributed by atoms with E-state index in [1.807, 2.05) is 0 Å². The van der Waals surface area contributed by atoms with E-state index in [0.29, 0.717) is 0 Å². The van der Waals surface area contributed by atoms with Crippen molar-refractivity contribution in [2.75, 3.05) is 0 Å². The van der Waals surface area contributed by atoms with E-state index in [4.69, 9.17) is 25.5 Å². The average Bonchev–Trinajstić information content (AvgIpc) is 2.90. The minimum Gasteiger partial charge on any atom is -0.479 e. The molecule has 0 heterocycles. The third kappa shape index (κ3) is 26.4. The SMILES string of the molecule is CCCCCCCCCCCCCCCCCCCCCCCC.O=CC(O)C(O)C(O)C(O)C(=O)O. The van der Waals surface area contributed by atoms with Crippen molar-refractivity contribution in [3.63, 3.8) is 0 Å². The summed E-state index contributed by atoms with van der Waals surface area (Å²) in [4.78, 5) is 20.0. The Kier molecular flexibility index (Phi) is 30.4. The second-order valence-electron chi connectivity index (χ2n) is 10.5. The van der Waals surface area contributed by atoms with Gasteiger partial charge in [-0.15, -0.1) is 0 Å². The van der Waals surface area contributed by atoms with Crippen molar-refractivity contribution in [2.45, 2.75) is 180 Å². The number of carboxylic acid groups (broad SMARTS) is 1. The molecule has 5 N–H and O–H groups in total. The van der Waals surface area contributed by atoms with E-state index in [2.05, 4.69) is 13.8 Å². The van der Waals surface area contributed by atoms with Gasteiger partial charge in [0.2, 0.25) is 0 Å². The Morgan fingerprint density at radius 1 is 0.514 bits per heavy atom. The molecule has 4 atom stereocenters. The Labute approximate surface area is 227 Å². The molecule has 0 aliphatic rings. The third-order valence-electron chi connectivity index (χ3n) is 6.87. The van der Waals surface area contributed by atoms with Crippen molar-refractivity contribution in [1.82, 2.24) is 0 Å². The number of aldehydes is 1. The highest BCUT2D eigenvalue weighted by Gasteiger charge is 2.34. The van der Waals surface area contributed by atoms with Gasteiger partial charge in [0.25, 0.3) is 0 Å². The van der Waals surface area contributed by atoms with E-state index in [-0.39, 0.29) is 6.29 Å². The summed E-state index contributed by atoms with van der Waals surface area (Å²) in [6.45, 7) is 4.60. The van der Waals surface area contributed by atoms with Gasteiger partial charge in [0.15, 0.2) is 12.4 Å². The van der Waals surface area contributed by atoms with E-state index in [9.17, 15) is 9.59 Å². The molecule has 222 valence electrons. The Bertz CT molecular complexity index is 465. The first-order valence-electron chi connectivity index (χ1n) is 15.2. The van der Waals surface area contributed by atoms with Crippen LogP contribution in [0.3, 0.4) is 0 Å². The highest BCUT2D eigenvalue weighted by molar-refractivity contribution is 5.73. The van der Waals surface area contributed by atoms with Crippen LogP contribution in [0.1, 0.15) is 155 Å². The summed E-state index contributed by atoms with van der Waals surface area (Å²) >= 11 is 0. The van der Waals surface area contributed by atoms with Crippen LogP contribution in [-0.4, -0.2) is 62.2 Å². The summed E-state index contributed by atoms with van der Waals surface area (Å²) < 4.78 is 0. The standard InChI is InChI=1S/C24H50.C6H10O7/c1-3-5-7-9-11-13-15-17-19-21-23-24-22-20-18-16-14-12-10-8-6-4-2;7-1-2(8)3(9)4(10)5(11)6(12)13/h3-24H2,1-2H3;1-5,8-11H,(H,12,13). The number of hydrogen-bond acceptors (Lipinski definition) is 6. The molecule has 0 aliphatic carbocycles. The molecule has 0 aliphatic heterocycles. The molecule has 0 bridgehead atoms. The minimum absolute atomic E-state index is 0.0809. The molecule has 0 rings (SSSR count). The van der Waals surface area contributed by atoms with E-state index in [1.54, 1.807) is 0 Å². The number of aliphatic hydroxyl groups excluding tert-OH is 4. The van der Waals surface area contributed by atoms with Crippen LogP contribution in [0.5, 0.6) is 0 Å². The van der Waals surface area contributed by atoms with Crippen molar-refractivity contribution in [2.24, 2.45) is 0 Å². The number of carbonyl (C=O) groups excluding carboxylic acids is 1. The van der Waals surface area contributed by atoms with Gasteiger partial charge in [-0.2, -0.15) is 0 Å². The number of unbranched alkanes of at least 4 members (excludes halogenated alkanes) is 21. The molecular weight excluding hydrogens is 472 g/mol. The summed E-state index contributed by atoms with van der Waals surface area (Å²) in [6.07, 6.45) is 24.0. The molecule has 0 saturated heterocycles. The zero-order valence-electron chi connectivity index (χ0n) is 24.0. The lowest BCUT2D eigenvalue weighted by Crippen LogP contribution is -2.48. The van der Waals surface area contributed by atoms with Crippen LogP contribution in [0.15, 0.2) is 0 Å². The van der Waals surface area contributed by atoms with Crippen molar-refractivity contribution in [1.29, 1.82) is 0 Å². The fraction of sp³-hybridized carbons (Fsp3) is 0.933. The van der Waals surface area contributed by atoms with Crippen LogP contribution in [0, 0.1) is 0 Å². The first-order valence-corrected chi connectivity index (χ1v) is 15.2. The number of carboxylic acids is 1. The molecule has 0 aromatic rings. The van der Waals surface area contributed by atoms with Gasteiger partial charge >= 0.3 is 5.97 Å². The van der Waals surface area contributed by atoms with Crippen LogP contribution in [-0.2, 0) is 9.59 Å². The van der Waals surface area contributed by atoms with Gasteiger partial charge in [-0.3, -0.25) is 0 Å². The first kappa shape index (κ1) is 38.1. The topological polar surface area (TPSA) is 135 Å². The second-order valence-corrected chi connectivity index (χ2v) is 10.5. The Hall–Kier alpha value is -1.02. The molecule has 0 spiro atoms. The normalized spacial score (nSPS) is 14.3. The van der Waals surface area contributed by atoms with Crippen molar-refractivity contribution in [3.8, 4) is 0 Å². The predicted molar refractivity (Wildman–Crippen MR) is 151 cm³/mol. The number of rotatable bonds is 26. The maximum absolute atomic E-state index is 10.1. The van der Waals surface area contributed by atoms with Gasteiger partial charge in [-0.05, 0) is 0 Å². The van der Waals surface area contributed by atoms with Crippen molar-refractivity contribution in [3.05, 3.63) is 0 Å². The van der Waals surface area contributed by atoms with Gasteiger partial charge in [-0.1, -0.05) is 155 Å². The Balaban J connectivity index is 0. The first-order chi connectivity index (χ1) is 17.8. The molecule has 37 heavy (non-hydrogen) atoms. The molecule has 7 heteroatoms.